The SMILES string of the molecule is c1ccc2c(c1)Cc1ccc3c(c1-2)Cc1ccc2c4cnccc4n4c5ccccc5nc4c2c1-3. The normalized spacial score (nSPS) is 13.5. The minimum Gasteiger partial charge on any atom is -0.292 e. The summed E-state index contributed by atoms with van der Waals surface area (Å²) in [5, 5.41) is 3.63. The molecule has 0 aliphatic heterocycles. The number of pyridine rings is 2. The summed E-state index contributed by atoms with van der Waals surface area (Å²) >= 11 is 0. The van der Waals surface area contributed by atoms with Crippen LogP contribution >= 0.6 is 0 Å². The second-order valence-electron chi connectivity index (χ2n) is 9.81. The van der Waals surface area contributed by atoms with Gasteiger partial charge in [-0.1, -0.05) is 60.7 Å². The zero-order chi connectivity index (χ0) is 22.7. The molecule has 0 radical (unpaired) electrons. The number of rotatable bonds is 0. The predicted molar refractivity (Wildman–Crippen MR) is 142 cm³/mol. The molecule has 3 heteroatoms. The Morgan fingerprint density at radius 2 is 1.49 bits per heavy atom. The van der Waals surface area contributed by atoms with E-state index < -0.39 is 0 Å². The third kappa shape index (κ3) is 2.12. The monoisotopic (exact) mass is 445 g/mol. The van der Waals surface area contributed by atoms with Gasteiger partial charge in [0.1, 0.15) is 5.65 Å². The zero-order valence-corrected chi connectivity index (χ0v) is 18.9. The van der Waals surface area contributed by atoms with Crippen LogP contribution in [0.5, 0.6) is 0 Å². The highest BCUT2D eigenvalue weighted by Gasteiger charge is 2.30. The summed E-state index contributed by atoms with van der Waals surface area (Å²) in [5.41, 5.74) is 15.7. The van der Waals surface area contributed by atoms with Crippen molar-refractivity contribution in [1.29, 1.82) is 0 Å². The molecule has 0 unspecified atom stereocenters. The van der Waals surface area contributed by atoms with Crippen molar-refractivity contribution in [2.24, 2.45) is 0 Å². The molecule has 2 aliphatic carbocycles. The van der Waals surface area contributed by atoms with Crippen LogP contribution in [0.15, 0.2) is 91.3 Å². The maximum atomic E-state index is 5.19. The van der Waals surface area contributed by atoms with E-state index in [1.165, 1.54) is 60.7 Å². The molecule has 0 amide bonds. The van der Waals surface area contributed by atoms with E-state index in [4.69, 9.17) is 4.98 Å². The second kappa shape index (κ2) is 6.13. The fourth-order valence-electron chi connectivity index (χ4n) is 6.70. The Hall–Kier alpha value is -4.50. The van der Waals surface area contributed by atoms with E-state index in [-0.39, 0.29) is 0 Å². The predicted octanol–water partition coefficient (Wildman–Crippen LogP) is 7.33. The molecule has 2 aliphatic rings. The first-order valence-corrected chi connectivity index (χ1v) is 12.2. The van der Waals surface area contributed by atoms with Crippen molar-refractivity contribution in [3.8, 4) is 22.3 Å². The Morgan fingerprint density at radius 1 is 0.629 bits per heavy atom. The molecule has 0 fully saturated rings. The molecular weight excluding hydrogens is 426 g/mol. The molecule has 162 valence electrons. The molecule has 0 saturated heterocycles. The number of nitrogens with zero attached hydrogens (tertiary/aromatic N) is 3. The summed E-state index contributed by atoms with van der Waals surface area (Å²) in [7, 11) is 0. The molecule has 3 aromatic heterocycles. The van der Waals surface area contributed by atoms with Crippen molar-refractivity contribution in [2.45, 2.75) is 12.8 Å². The molecule has 9 rings (SSSR count). The van der Waals surface area contributed by atoms with Gasteiger partial charge in [-0.25, -0.2) is 4.98 Å². The summed E-state index contributed by atoms with van der Waals surface area (Å²) in [5.74, 6) is 0. The number of hydrogen-bond donors (Lipinski definition) is 0. The Balaban J connectivity index is 1.48. The Morgan fingerprint density at radius 3 is 2.49 bits per heavy atom. The third-order valence-corrected chi connectivity index (χ3v) is 8.11. The molecular formula is C32H19N3. The van der Waals surface area contributed by atoms with E-state index in [0.29, 0.717) is 0 Å². The van der Waals surface area contributed by atoms with Gasteiger partial charge in [-0.3, -0.25) is 9.38 Å². The second-order valence-corrected chi connectivity index (χ2v) is 9.81. The van der Waals surface area contributed by atoms with Crippen LogP contribution in [0.25, 0.3) is 60.6 Å². The lowest BCUT2D eigenvalue weighted by Crippen LogP contribution is -1.94. The number of fused-ring (bicyclic) bond motifs is 16. The van der Waals surface area contributed by atoms with Crippen molar-refractivity contribution in [1.82, 2.24) is 14.4 Å². The van der Waals surface area contributed by atoms with Crippen LogP contribution in [0.3, 0.4) is 0 Å². The Kier molecular flexibility index (Phi) is 3.14. The van der Waals surface area contributed by atoms with Crippen LogP contribution in [-0.2, 0) is 12.8 Å². The number of benzene rings is 4. The van der Waals surface area contributed by atoms with E-state index >= 15 is 0 Å². The first kappa shape index (κ1) is 17.9. The molecule has 35 heavy (non-hydrogen) atoms. The van der Waals surface area contributed by atoms with Gasteiger partial charge >= 0.3 is 0 Å². The fraction of sp³-hybridized carbons (Fsp3) is 0.0625. The first-order chi connectivity index (χ1) is 17.4. The number of aromatic nitrogens is 3. The van der Waals surface area contributed by atoms with Gasteiger partial charge in [0.05, 0.1) is 16.6 Å². The van der Waals surface area contributed by atoms with Crippen molar-refractivity contribution < 1.29 is 0 Å². The van der Waals surface area contributed by atoms with Crippen molar-refractivity contribution in [3.05, 3.63) is 114 Å². The maximum Gasteiger partial charge on any atom is 0.147 e. The maximum absolute atomic E-state index is 5.19. The quantitative estimate of drug-likeness (QED) is 0.229. The van der Waals surface area contributed by atoms with Gasteiger partial charge in [0, 0.05) is 23.2 Å². The summed E-state index contributed by atoms with van der Waals surface area (Å²) in [4.78, 5) is 9.71. The Bertz CT molecular complexity index is 2060. The highest BCUT2D eigenvalue weighted by atomic mass is 15.0. The summed E-state index contributed by atoms with van der Waals surface area (Å²) in [6.07, 6.45) is 5.89. The fourth-order valence-corrected chi connectivity index (χ4v) is 6.70. The average molecular weight is 446 g/mol. The summed E-state index contributed by atoms with van der Waals surface area (Å²) < 4.78 is 2.33. The third-order valence-electron chi connectivity index (χ3n) is 8.11. The first-order valence-electron chi connectivity index (χ1n) is 12.2. The van der Waals surface area contributed by atoms with Crippen LogP contribution in [-0.4, -0.2) is 14.4 Å². The van der Waals surface area contributed by atoms with E-state index in [1.807, 2.05) is 12.4 Å². The zero-order valence-electron chi connectivity index (χ0n) is 18.9. The van der Waals surface area contributed by atoms with Crippen LogP contribution in [0, 0.1) is 0 Å². The summed E-state index contributed by atoms with van der Waals surface area (Å²) in [6, 6.07) is 28.8. The topological polar surface area (TPSA) is 30.2 Å². The smallest absolute Gasteiger partial charge is 0.147 e. The molecule has 0 spiro atoms. The average Bonchev–Trinajstić information content (AvgIpc) is 3.59. The minimum atomic E-state index is 0.968. The van der Waals surface area contributed by atoms with Gasteiger partial charge in [-0.2, -0.15) is 0 Å². The van der Waals surface area contributed by atoms with Crippen LogP contribution in [0.1, 0.15) is 22.3 Å². The molecule has 0 N–H and O–H groups in total. The summed E-state index contributed by atoms with van der Waals surface area (Å²) in [6.45, 7) is 0. The van der Waals surface area contributed by atoms with Gasteiger partial charge in [0.15, 0.2) is 0 Å². The molecule has 7 aromatic rings. The van der Waals surface area contributed by atoms with Crippen LogP contribution < -0.4 is 0 Å². The molecule has 3 nitrogen and oxygen atoms in total. The largest absolute Gasteiger partial charge is 0.292 e. The van der Waals surface area contributed by atoms with Gasteiger partial charge in [0.25, 0.3) is 0 Å². The highest BCUT2D eigenvalue weighted by Crippen LogP contribution is 2.50. The lowest BCUT2D eigenvalue weighted by molar-refractivity contribution is 1.23. The van der Waals surface area contributed by atoms with E-state index in [2.05, 4.69) is 88.2 Å². The molecule has 0 saturated carbocycles. The van der Waals surface area contributed by atoms with Gasteiger partial charge in [0.2, 0.25) is 0 Å². The van der Waals surface area contributed by atoms with Crippen molar-refractivity contribution in [2.75, 3.05) is 0 Å². The molecule has 4 aromatic carbocycles. The van der Waals surface area contributed by atoms with E-state index in [9.17, 15) is 0 Å². The lowest BCUT2D eigenvalue weighted by Gasteiger charge is -2.13. The van der Waals surface area contributed by atoms with Crippen molar-refractivity contribution >= 4 is 38.4 Å². The molecule has 3 heterocycles. The number of hydrogen-bond acceptors (Lipinski definition) is 2. The lowest BCUT2D eigenvalue weighted by atomic mass is 9.93. The van der Waals surface area contributed by atoms with Crippen molar-refractivity contribution in [3.63, 3.8) is 0 Å². The van der Waals surface area contributed by atoms with E-state index in [1.54, 1.807) is 0 Å². The number of imidazole rings is 1. The standard InChI is InChI=1S/C32H19N3/c1-2-6-21-18(5-1)15-19-9-11-22-24(29(19)21)16-20-10-12-23-25-17-33-14-13-27(25)35-28-8-4-3-7-26(28)34-32(35)31(23)30(20)22/h1-14,17H,15-16H2. The minimum absolute atomic E-state index is 0.968. The van der Waals surface area contributed by atoms with Gasteiger partial charge < -0.3 is 0 Å². The molecule has 0 bridgehead atoms. The van der Waals surface area contributed by atoms with Gasteiger partial charge in [-0.05, 0) is 80.9 Å². The Labute approximate surface area is 201 Å². The highest BCUT2D eigenvalue weighted by molar-refractivity contribution is 6.20. The van der Waals surface area contributed by atoms with Gasteiger partial charge in [-0.15, -0.1) is 0 Å². The van der Waals surface area contributed by atoms with Crippen LogP contribution in [0.4, 0.5) is 0 Å². The van der Waals surface area contributed by atoms with Crippen LogP contribution in [0.2, 0.25) is 0 Å². The van der Waals surface area contributed by atoms with E-state index in [0.717, 1.165) is 35.0 Å². The molecule has 0 atom stereocenters. The number of para-hydroxylation sites is 2.